The Morgan fingerprint density at radius 2 is 0.631 bits per heavy atom. The van der Waals surface area contributed by atoms with Gasteiger partial charge in [0.2, 0.25) is 0 Å². The zero-order valence-corrected chi connectivity index (χ0v) is 35.8. The lowest BCUT2D eigenvalue weighted by atomic mass is 9.89. The first-order valence-corrected chi connectivity index (χ1v) is 22.4. The molecule has 12 aromatic carbocycles. The number of hydrogen-bond acceptors (Lipinski definition) is 1. The third-order valence-corrected chi connectivity index (χ3v) is 13.0. The molecule has 1 nitrogen and oxygen atoms in total. The molecular formula is C64H43N. The van der Waals surface area contributed by atoms with Crippen molar-refractivity contribution in [3.05, 3.63) is 261 Å². The molecule has 1 heteroatoms. The summed E-state index contributed by atoms with van der Waals surface area (Å²) in [6.45, 7) is 0. The van der Waals surface area contributed by atoms with Crippen molar-refractivity contribution in [2.45, 2.75) is 0 Å². The second-order valence-electron chi connectivity index (χ2n) is 16.9. The zero-order valence-electron chi connectivity index (χ0n) is 35.8. The number of rotatable bonds is 8. The molecule has 0 aliphatic carbocycles. The summed E-state index contributed by atoms with van der Waals surface area (Å²) in [5.41, 5.74) is 15.1. The predicted octanol–water partition coefficient (Wildman–Crippen LogP) is 18.1. The van der Waals surface area contributed by atoms with Gasteiger partial charge in [0.25, 0.3) is 0 Å². The van der Waals surface area contributed by atoms with Gasteiger partial charge in [-0.05, 0) is 153 Å². The molecule has 0 saturated heterocycles. The van der Waals surface area contributed by atoms with Gasteiger partial charge in [-0.2, -0.15) is 0 Å². The van der Waals surface area contributed by atoms with Gasteiger partial charge in [-0.15, -0.1) is 0 Å². The van der Waals surface area contributed by atoms with Gasteiger partial charge in [0, 0.05) is 17.1 Å². The van der Waals surface area contributed by atoms with E-state index in [1.165, 1.54) is 87.6 Å². The molecule has 0 heterocycles. The van der Waals surface area contributed by atoms with Crippen molar-refractivity contribution >= 4 is 60.2 Å². The predicted molar refractivity (Wildman–Crippen MR) is 278 cm³/mol. The fraction of sp³-hybridized carbons (Fsp3) is 0. The Kier molecular flexibility index (Phi) is 9.58. The van der Waals surface area contributed by atoms with Crippen LogP contribution < -0.4 is 4.90 Å². The second-order valence-corrected chi connectivity index (χ2v) is 16.9. The van der Waals surface area contributed by atoms with E-state index >= 15 is 0 Å². The highest BCUT2D eigenvalue weighted by Gasteiger charge is 2.19. The van der Waals surface area contributed by atoms with Crippen LogP contribution in [0.5, 0.6) is 0 Å². The van der Waals surface area contributed by atoms with E-state index in [1.807, 2.05) is 0 Å². The van der Waals surface area contributed by atoms with E-state index in [4.69, 9.17) is 0 Å². The molecule has 12 aromatic rings. The maximum absolute atomic E-state index is 2.43. The van der Waals surface area contributed by atoms with E-state index in [1.54, 1.807) is 0 Å². The van der Waals surface area contributed by atoms with E-state index in [2.05, 4.69) is 266 Å². The van der Waals surface area contributed by atoms with Crippen molar-refractivity contribution in [3.63, 3.8) is 0 Å². The van der Waals surface area contributed by atoms with E-state index < -0.39 is 0 Å². The molecule has 0 saturated carbocycles. The van der Waals surface area contributed by atoms with Gasteiger partial charge in [-0.3, -0.25) is 0 Å². The average Bonchev–Trinajstić information content (AvgIpc) is 3.39. The van der Waals surface area contributed by atoms with E-state index in [-0.39, 0.29) is 0 Å². The Morgan fingerprint density at radius 3 is 1.23 bits per heavy atom. The summed E-state index contributed by atoms with van der Waals surface area (Å²) in [4.78, 5) is 2.43. The van der Waals surface area contributed by atoms with Gasteiger partial charge in [-0.25, -0.2) is 0 Å². The maximum Gasteiger partial charge on any atom is 0.0473 e. The van der Waals surface area contributed by atoms with Gasteiger partial charge in [0.15, 0.2) is 0 Å². The lowest BCUT2D eigenvalue weighted by molar-refractivity contribution is 1.28. The van der Waals surface area contributed by atoms with Crippen LogP contribution in [0.25, 0.3) is 98.7 Å². The summed E-state index contributed by atoms with van der Waals surface area (Å²) in [6.07, 6.45) is 0. The normalized spacial score (nSPS) is 11.4. The van der Waals surface area contributed by atoms with Crippen LogP contribution in [0.15, 0.2) is 261 Å². The minimum Gasteiger partial charge on any atom is -0.310 e. The van der Waals surface area contributed by atoms with Gasteiger partial charge in [0.1, 0.15) is 0 Å². The molecule has 304 valence electrons. The Bertz CT molecular complexity index is 3640. The molecule has 0 spiro atoms. The van der Waals surface area contributed by atoms with E-state index in [9.17, 15) is 0 Å². The van der Waals surface area contributed by atoms with Crippen LogP contribution in [0.2, 0.25) is 0 Å². The molecule has 0 unspecified atom stereocenters. The number of benzene rings is 12. The van der Waals surface area contributed by atoms with Gasteiger partial charge in [0.05, 0.1) is 0 Å². The van der Waals surface area contributed by atoms with Crippen LogP contribution in [0.3, 0.4) is 0 Å². The molecule has 0 amide bonds. The second kappa shape index (κ2) is 16.3. The molecule has 0 fully saturated rings. The Labute approximate surface area is 379 Å². The monoisotopic (exact) mass is 825 g/mol. The van der Waals surface area contributed by atoms with Crippen LogP contribution in [0, 0.1) is 0 Å². The Balaban J connectivity index is 1.04. The van der Waals surface area contributed by atoms with E-state index in [0.717, 1.165) is 28.2 Å². The highest BCUT2D eigenvalue weighted by Crippen LogP contribution is 2.44. The minimum atomic E-state index is 1.08. The summed E-state index contributed by atoms with van der Waals surface area (Å²) < 4.78 is 0. The first kappa shape index (κ1) is 38.2. The number of nitrogens with zero attached hydrogens (tertiary/aromatic N) is 1. The van der Waals surface area contributed by atoms with Crippen LogP contribution in [-0.4, -0.2) is 0 Å². The third kappa shape index (κ3) is 7.01. The maximum atomic E-state index is 2.43. The first-order chi connectivity index (χ1) is 32.2. The zero-order chi connectivity index (χ0) is 43.1. The van der Waals surface area contributed by atoms with E-state index in [0.29, 0.717) is 0 Å². The fourth-order valence-corrected chi connectivity index (χ4v) is 9.92. The van der Waals surface area contributed by atoms with Crippen LogP contribution in [0.4, 0.5) is 17.1 Å². The third-order valence-electron chi connectivity index (χ3n) is 13.0. The quantitative estimate of drug-likeness (QED) is 0.138. The first-order valence-electron chi connectivity index (χ1n) is 22.4. The smallest absolute Gasteiger partial charge is 0.0473 e. The molecule has 0 atom stereocenters. The SMILES string of the molecule is c1ccc(-c2cc(-c3ccccc3)cc(N(c3ccc(-c4ccccc4-c4cc5ccccc5c5ccccc45)cc3)c3cccc(-c4cc5ccccc5c5ccccc45)c3)c2)cc1. The summed E-state index contributed by atoms with van der Waals surface area (Å²) in [7, 11) is 0. The number of fused-ring (bicyclic) bond motifs is 6. The average molecular weight is 826 g/mol. The lowest BCUT2D eigenvalue weighted by Gasteiger charge is -2.28. The van der Waals surface area contributed by atoms with Crippen LogP contribution in [-0.2, 0) is 0 Å². The van der Waals surface area contributed by atoms with Crippen molar-refractivity contribution in [3.8, 4) is 55.6 Å². The van der Waals surface area contributed by atoms with Gasteiger partial charge >= 0.3 is 0 Å². The van der Waals surface area contributed by atoms with Gasteiger partial charge in [-0.1, -0.05) is 206 Å². The number of anilines is 3. The molecule has 0 aromatic heterocycles. The van der Waals surface area contributed by atoms with Gasteiger partial charge < -0.3 is 4.90 Å². The molecule has 0 aliphatic heterocycles. The molecule has 0 aliphatic rings. The number of hydrogen-bond donors (Lipinski definition) is 0. The molecule has 65 heavy (non-hydrogen) atoms. The summed E-state index contributed by atoms with van der Waals surface area (Å²) in [5.74, 6) is 0. The van der Waals surface area contributed by atoms with Crippen molar-refractivity contribution in [2.75, 3.05) is 4.90 Å². The standard InChI is InChI=1S/C64H43N/c1-3-18-44(19-4-1)50-38-51(45-20-5-2-6-21-45)41-54(40-50)65(53-25-17-24-47(39-53)63-42-48-22-7-9-27-56(48)58-29-13-15-32-61(58)63)52-36-34-46(35-37-52)55-26-11-12-31-60(55)64-43-49-23-8-10-28-57(49)59-30-14-16-33-62(59)64/h1-43H. The van der Waals surface area contributed by atoms with Crippen molar-refractivity contribution in [1.82, 2.24) is 0 Å². The highest BCUT2D eigenvalue weighted by molar-refractivity contribution is 6.15. The van der Waals surface area contributed by atoms with Crippen LogP contribution >= 0.6 is 0 Å². The lowest BCUT2D eigenvalue weighted by Crippen LogP contribution is -2.10. The van der Waals surface area contributed by atoms with Crippen LogP contribution in [0.1, 0.15) is 0 Å². The van der Waals surface area contributed by atoms with Crippen molar-refractivity contribution in [2.24, 2.45) is 0 Å². The molecule has 12 rings (SSSR count). The summed E-state index contributed by atoms with van der Waals surface area (Å²) in [6, 6.07) is 95.4. The Morgan fingerprint density at radius 1 is 0.185 bits per heavy atom. The van der Waals surface area contributed by atoms with Crippen molar-refractivity contribution < 1.29 is 0 Å². The highest BCUT2D eigenvalue weighted by atomic mass is 15.1. The Hall–Kier alpha value is -8.52. The fourth-order valence-electron chi connectivity index (χ4n) is 9.92. The molecular weight excluding hydrogens is 783 g/mol. The topological polar surface area (TPSA) is 3.24 Å². The minimum absolute atomic E-state index is 1.08. The van der Waals surface area contributed by atoms with Crippen molar-refractivity contribution in [1.29, 1.82) is 0 Å². The largest absolute Gasteiger partial charge is 0.310 e. The molecule has 0 N–H and O–H groups in total. The summed E-state index contributed by atoms with van der Waals surface area (Å²) in [5, 5.41) is 10.1. The molecule has 0 bridgehead atoms. The summed E-state index contributed by atoms with van der Waals surface area (Å²) >= 11 is 0. The molecule has 0 radical (unpaired) electrons.